The number of piperazine rings is 1. The predicted molar refractivity (Wildman–Crippen MR) is 164 cm³/mol. The van der Waals surface area contributed by atoms with Crippen molar-refractivity contribution in [3.05, 3.63) is 81.5 Å². The van der Waals surface area contributed by atoms with Crippen LogP contribution in [-0.2, 0) is 21.4 Å². The lowest BCUT2D eigenvalue weighted by Gasteiger charge is -2.41. The second-order valence-corrected chi connectivity index (χ2v) is 12.9. The highest BCUT2D eigenvalue weighted by Crippen LogP contribution is 2.37. The summed E-state index contributed by atoms with van der Waals surface area (Å²) < 4.78 is 0. The molecule has 4 rings (SSSR count). The molecule has 214 valence electrons. The van der Waals surface area contributed by atoms with Gasteiger partial charge < -0.3 is 15.5 Å². The largest absolute Gasteiger partial charge is 0.352 e. The standard InChI is InChI=1S/C33H38N4O3S/c1-22-13-14-23(20-24(22)15-16-25-11-7-8-17-34-25)10-9-12-28(38)36-29-26(21-27(41-29)32(2,3)4)30(39)37-19-18-35-31(40)33(37,5)6/h7-8,11,13-14,17,20-21H,9-10,12,18-19H2,1-6H3,(H,35,40)(H,36,38). The molecule has 0 aliphatic carbocycles. The van der Waals surface area contributed by atoms with E-state index in [1.807, 2.05) is 31.2 Å². The van der Waals surface area contributed by atoms with Crippen LogP contribution < -0.4 is 10.6 Å². The van der Waals surface area contributed by atoms with Crippen molar-refractivity contribution in [2.75, 3.05) is 18.4 Å². The molecule has 3 aromatic rings. The minimum Gasteiger partial charge on any atom is -0.352 e. The van der Waals surface area contributed by atoms with Crippen molar-refractivity contribution in [2.24, 2.45) is 0 Å². The van der Waals surface area contributed by atoms with E-state index >= 15 is 0 Å². The summed E-state index contributed by atoms with van der Waals surface area (Å²) in [5.74, 6) is 5.76. The van der Waals surface area contributed by atoms with E-state index in [0.29, 0.717) is 36.5 Å². The number of anilines is 1. The number of aryl methyl sites for hydroxylation is 2. The molecular formula is C33H38N4O3S. The van der Waals surface area contributed by atoms with Gasteiger partial charge in [-0.1, -0.05) is 44.9 Å². The molecule has 3 amide bonds. The number of hydrogen-bond donors (Lipinski definition) is 2. The summed E-state index contributed by atoms with van der Waals surface area (Å²) in [5, 5.41) is 6.38. The molecule has 2 N–H and O–H groups in total. The van der Waals surface area contributed by atoms with E-state index in [1.54, 1.807) is 24.9 Å². The van der Waals surface area contributed by atoms with Gasteiger partial charge in [0.2, 0.25) is 11.8 Å². The summed E-state index contributed by atoms with van der Waals surface area (Å²) in [7, 11) is 0. The first-order valence-electron chi connectivity index (χ1n) is 13.9. The molecular weight excluding hydrogens is 532 g/mol. The van der Waals surface area contributed by atoms with Gasteiger partial charge in [0.05, 0.1) is 5.56 Å². The summed E-state index contributed by atoms with van der Waals surface area (Å²) in [6, 6.07) is 13.7. The first-order chi connectivity index (χ1) is 19.4. The minimum absolute atomic E-state index is 0.140. The van der Waals surface area contributed by atoms with Crippen LogP contribution in [0.3, 0.4) is 0 Å². The van der Waals surface area contributed by atoms with E-state index in [0.717, 1.165) is 33.7 Å². The Kier molecular flexibility index (Phi) is 8.98. The van der Waals surface area contributed by atoms with Gasteiger partial charge in [0.1, 0.15) is 16.2 Å². The van der Waals surface area contributed by atoms with Crippen LogP contribution in [0.4, 0.5) is 5.00 Å². The average molecular weight is 571 g/mol. The molecule has 1 aromatic carbocycles. The Morgan fingerprint density at radius 3 is 2.63 bits per heavy atom. The number of benzene rings is 1. The number of nitrogens with zero attached hydrogens (tertiary/aromatic N) is 2. The Bertz CT molecular complexity index is 1510. The van der Waals surface area contributed by atoms with Crippen LogP contribution in [0.1, 0.15) is 85.1 Å². The van der Waals surface area contributed by atoms with Gasteiger partial charge >= 0.3 is 0 Å². The van der Waals surface area contributed by atoms with E-state index in [2.05, 4.69) is 66.4 Å². The van der Waals surface area contributed by atoms with E-state index in [4.69, 9.17) is 0 Å². The molecule has 0 unspecified atom stereocenters. The Hall–Kier alpha value is -3.96. The molecule has 0 atom stereocenters. The van der Waals surface area contributed by atoms with Crippen LogP contribution in [0, 0.1) is 18.8 Å². The molecule has 0 radical (unpaired) electrons. The van der Waals surface area contributed by atoms with E-state index in [1.165, 1.54) is 11.3 Å². The fourth-order valence-corrected chi connectivity index (χ4v) is 5.71. The first-order valence-corrected chi connectivity index (χ1v) is 14.7. The maximum Gasteiger partial charge on any atom is 0.257 e. The maximum atomic E-state index is 13.7. The average Bonchev–Trinajstić information content (AvgIpc) is 3.35. The number of rotatable bonds is 6. The van der Waals surface area contributed by atoms with Gasteiger partial charge in [-0.2, -0.15) is 0 Å². The van der Waals surface area contributed by atoms with E-state index < -0.39 is 5.54 Å². The van der Waals surface area contributed by atoms with Crippen molar-refractivity contribution in [3.63, 3.8) is 0 Å². The van der Waals surface area contributed by atoms with E-state index in [-0.39, 0.29) is 23.1 Å². The lowest BCUT2D eigenvalue weighted by molar-refractivity contribution is -0.133. The number of amides is 3. The van der Waals surface area contributed by atoms with Crippen molar-refractivity contribution < 1.29 is 14.4 Å². The molecule has 7 nitrogen and oxygen atoms in total. The third kappa shape index (κ3) is 7.22. The normalized spacial score (nSPS) is 14.6. The summed E-state index contributed by atoms with van der Waals surface area (Å²) in [6.07, 6.45) is 3.43. The highest BCUT2D eigenvalue weighted by molar-refractivity contribution is 7.16. The highest BCUT2D eigenvalue weighted by atomic mass is 32.1. The van der Waals surface area contributed by atoms with Gasteiger partial charge in [-0.25, -0.2) is 4.98 Å². The van der Waals surface area contributed by atoms with Crippen molar-refractivity contribution in [1.29, 1.82) is 0 Å². The predicted octanol–water partition coefficient (Wildman–Crippen LogP) is 5.46. The van der Waals surface area contributed by atoms with Crippen molar-refractivity contribution in [2.45, 2.75) is 71.8 Å². The number of carbonyl (C=O) groups excluding carboxylic acids is 3. The number of pyridine rings is 1. The van der Waals surface area contributed by atoms with Crippen molar-refractivity contribution in [1.82, 2.24) is 15.2 Å². The second kappa shape index (κ2) is 12.3. The fourth-order valence-electron chi connectivity index (χ4n) is 4.58. The fraction of sp³-hybridized carbons (Fsp3) is 0.394. The molecule has 1 aliphatic rings. The summed E-state index contributed by atoms with van der Waals surface area (Å²) in [5.41, 5.74) is 3.14. The molecule has 0 bridgehead atoms. The summed E-state index contributed by atoms with van der Waals surface area (Å²) >= 11 is 1.42. The maximum absolute atomic E-state index is 13.7. The van der Waals surface area contributed by atoms with Crippen LogP contribution >= 0.6 is 11.3 Å². The quantitative estimate of drug-likeness (QED) is 0.385. The van der Waals surface area contributed by atoms with Crippen LogP contribution in [0.15, 0.2) is 48.7 Å². The monoisotopic (exact) mass is 570 g/mol. The van der Waals surface area contributed by atoms with Gasteiger partial charge in [0.25, 0.3) is 5.91 Å². The zero-order valence-corrected chi connectivity index (χ0v) is 25.5. The second-order valence-electron chi connectivity index (χ2n) is 11.9. The van der Waals surface area contributed by atoms with Gasteiger partial charge in [0, 0.05) is 36.1 Å². The van der Waals surface area contributed by atoms with Gasteiger partial charge in [-0.3, -0.25) is 14.4 Å². The van der Waals surface area contributed by atoms with Gasteiger partial charge in [0.15, 0.2) is 0 Å². The topological polar surface area (TPSA) is 91.4 Å². The van der Waals surface area contributed by atoms with Gasteiger partial charge in [-0.15, -0.1) is 11.3 Å². The molecule has 3 heterocycles. The zero-order chi connectivity index (χ0) is 29.8. The lowest BCUT2D eigenvalue weighted by atomic mass is 9.93. The lowest BCUT2D eigenvalue weighted by Crippen LogP contribution is -2.63. The Morgan fingerprint density at radius 2 is 1.93 bits per heavy atom. The van der Waals surface area contributed by atoms with Crippen LogP contribution in [0.5, 0.6) is 0 Å². The molecule has 1 saturated heterocycles. The molecule has 2 aromatic heterocycles. The van der Waals surface area contributed by atoms with Crippen molar-refractivity contribution in [3.8, 4) is 11.8 Å². The number of hydrogen-bond acceptors (Lipinski definition) is 5. The Balaban J connectivity index is 1.44. The van der Waals surface area contributed by atoms with Crippen LogP contribution in [-0.4, -0.2) is 46.2 Å². The first kappa shape index (κ1) is 30.0. The Morgan fingerprint density at radius 1 is 1.15 bits per heavy atom. The minimum atomic E-state index is -0.977. The summed E-state index contributed by atoms with van der Waals surface area (Å²) in [6.45, 7) is 12.6. The highest BCUT2D eigenvalue weighted by Gasteiger charge is 2.42. The zero-order valence-electron chi connectivity index (χ0n) is 24.7. The third-order valence-electron chi connectivity index (χ3n) is 7.21. The van der Waals surface area contributed by atoms with Gasteiger partial charge in [-0.05, 0) is 80.3 Å². The molecule has 0 spiro atoms. The number of carbonyl (C=O) groups is 3. The molecule has 41 heavy (non-hydrogen) atoms. The Labute approximate surface area is 246 Å². The third-order valence-corrected chi connectivity index (χ3v) is 8.69. The molecule has 0 saturated carbocycles. The number of nitrogens with one attached hydrogen (secondary N) is 2. The van der Waals surface area contributed by atoms with Crippen molar-refractivity contribution >= 4 is 34.1 Å². The smallest absolute Gasteiger partial charge is 0.257 e. The molecule has 8 heteroatoms. The van der Waals surface area contributed by atoms with Crippen LogP contribution in [0.2, 0.25) is 0 Å². The number of thiophene rings is 1. The SMILES string of the molecule is Cc1ccc(CCCC(=O)Nc2sc(C(C)(C)C)cc2C(=O)N2CCNC(=O)C2(C)C)cc1C#Cc1ccccn1. The number of aromatic nitrogens is 1. The molecule has 1 aliphatic heterocycles. The molecule has 1 fully saturated rings. The van der Waals surface area contributed by atoms with Crippen LogP contribution in [0.25, 0.3) is 0 Å². The summed E-state index contributed by atoms with van der Waals surface area (Å²) in [4.78, 5) is 46.1. The van der Waals surface area contributed by atoms with E-state index in [9.17, 15) is 14.4 Å².